The van der Waals surface area contributed by atoms with Gasteiger partial charge in [-0.1, -0.05) is 63.0 Å². The summed E-state index contributed by atoms with van der Waals surface area (Å²) in [7, 11) is 0. The smallest absolute Gasteiger partial charge is 0.142 e. The minimum absolute atomic E-state index is 0.00672. The second-order valence-corrected chi connectivity index (χ2v) is 10.5. The van der Waals surface area contributed by atoms with E-state index in [4.69, 9.17) is 16.7 Å². The Morgan fingerprint density at radius 1 is 0.935 bits per heavy atom. The lowest BCUT2D eigenvalue weighted by Gasteiger charge is -2.32. The fraction of sp³-hybridized carbons (Fsp3) is 0.630. The highest BCUT2D eigenvalue weighted by Gasteiger charge is 2.38. The van der Waals surface area contributed by atoms with Crippen LogP contribution in [0.2, 0.25) is 5.02 Å². The van der Waals surface area contributed by atoms with E-state index < -0.39 is 0 Å². The fourth-order valence-corrected chi connectivity index (χ4v) is 6.55. The number of rotatable bonds is 6. The van der Waals surface area contributed by atoms with Crippen molar-refractivity contribution in [1.29, 1.82) is 0 Å². The van der Waals surface area contributed by atoms with Crippen LogP contribution >= 0.6 is 11.6 Å². The van der Waals surface area contributed by atoms with Gasteiger partial charge in [0.05, 0.1) is 23.0 Å². The maximum absolute atomic E-state index is 14.0. The average Bonchev–Trinajstić information content (AvgIpc) is 3.39. The van der Waals surface area contributed by atoms with Crippen LogP contribution in [0, 0.1) is 11.8 Å². The molecule has 0 N–H and O–H groups in total. The Morgan fingerprint density at radius 3 is 2.32 bits per heavy atom. The number of aromatic nitrogens is 2. The molecule has 3 aliphatic carbocycles. The Kier molecular flexibility index (Phi) is 6.50. The van der Waals surface area contributed by atoms with E-state index in [1.54, 1.807) is 0 Å². The van der Waals surface area contributed by atoms with Gasteiger partial charge in [-0.2, -0.15) is 5.10 Å². The van der Waals surface area contributed by atoms with Crippen molar-refractivity contribution in [2.45, 2.75) is 95.8 Å². The first-order chi connectivity index (χ1) is 15.2. The first-order valence-corrected chi connectivity index (χ1v) is 13.0. The summed E-state index contributed by atoms with van der Waals surface area (Å²) in [6.07, 6.45) is 16.6. The minimum atomic E-state index is 0.00672. The molecule has 0 radical (unpaired) electrons. The van der Waals surface area contributed by atoms with Crippen molar-refractivity contribution in [1.82, 2.24) is 9.78 Å². The highest BCUT2D eigenvalue weighted by molar-refractivity contribution is 6.30. The summed E-state index contributed by atoms with van der Waals surface area (Å²) in [5.41, 5.74) is 4.86. The normalized spacial score (nSPS) is 21.2. The van der Waals surface area contributed by atoms with E-state index in [9.17, 15) is 4.79 Å². The molecule has 3 nitrogen and oxygen atoms in total. The first-order valence-electron chi connectivity index (χ1n) is 12.6. The fourth-order valence-electron chi connectivity index (χ4n) is 6.42. The molecule has 2 aromatic rings. The molecule has 0 saturated heterocycles. The van der Waals surface area contributed by atoms with Crippen LogP contribution in [0.5, 0.6) is 0 Å². The molecule has 31 heavy (non-hydrogen) atoms. The molecule has 166 valence electrons. The van der Waals surface area contributed by atoms with E-state index in [1.807, 2.05) is 12.1 Å². The number of hydrogen-bond acceptors (Lipinski definition) is 2. The number of carbonyl (C=O) groups is 1. The molecule has 3 aliphatic rings. The molecule has 0 aliphatic heterocycles. The molecule has 4 heteroatoms. The number of halogens is 1. The molecule has 0 amide bonds. The third-order valence-corrected chi connectivity index (χ3v) is 8.25. The number of carbonyl (C=O) groups excluding carboxylic acids is 1. The summed E-state index contributed by atoms with van der Waals surface area (Å²) < 4.78 is 2.12. The Morgan fingerprint density at radius 2 is 1.61 bits per heavy atom. The molecule has 1 unspecified atom stereocenters. The van der Waals surface area contributed by atoms with E-state index >= 15 is 0 Å². The molecule has 2 saturated carbocycles. The van der Waals surface area contributed by atoms with Gasteiger partial charge in [0.2, 0.25) is 0 Å². The van der Waals surface area contributed by atoms with Gasteiger partial charge in [-0.3, -0.25) is 4.79 Å². The molecule has 5 rings (SSSR count). The molecule has 1 atom stereocenters. The van der Waals surface area contributed by atoms with Gasteiger partial charge in [0.15, 0.2) is 0 Å². The second kappa shape index (κ2) is 9.48. The maximum atomic E-state index is 14.0. The van der Waals surface area contributed by atoms with Crippen molar-refractivity contribution in [3.05, 3.63) is 46.2 Å². The van der Waals surface area contributed by atoms with Crippen molar-refractivity contribution >= 4 is 17.4 Å². The number of nitrogens with zero attached hydrogens (tertiary/aromatic N) is 2. The molecular formula is C27H35ClN2O. The molecule has 0 bridgehead atoms. The topological polar surface area (TPSA) is 34.9 Å². The van der Waals surface area contributed by atoms with Gasteiger partial charge in [-0.05, 0) is 73.8 Å². The molecule has 1 aromatic carbocycles. The molecule has 1 aromatic heterocycles. The largest absolute Gasteiger partial charge is 0.299 e. The van der Waals surface area contributed by atoms with Crippen LogP contribution in [0.1, 0.15) is 99.9 Å². The number of hydrogen-bond donors (Lipinski definition) is 0. The predicted octanol–water partition coefficient (Wildman–Crippen LogP) is 7.22. The van der Waals surface area contributed by atoms with E-state index in [1.165, 1.54) is 87.6 Å². The van der Waals surface area contributed by atoms with Gasteiger partial charge in [0.25, 0.3) is 0 Å². The van der Waals surface area contributed by atoms with Crippen LogP contribution in [0.4, 0.5) is 0 Å². The summed E-state index contributed by atoms with van der Waals surface area (Å²) in [4.78, 5) is 14.0. The predicted molar refractivity (Wildman–Crippen MR) is 126 cm³/mol. The van der Waals surface area contributed by atoms with Crippen molar-refractivity contribution in [2.75, 3.05) is 0 Å². The zero-order valence-electron chi connectivity index (χ0n) is 18.6. The van der Waals surface area contributed by atoms with Gasteiger partial charge in [0, 0.05) is 11.4 Å². The SMILES string of the molecule is O=C(CC1CCCCC1)C(c1c2c(nn1-c1ccc(Cl)cc1)CCC2)C1CCCCC1. The quantitative estimate of drug-likeness (QED) is 0.477. The number of aryl methyl sites for hydroxylation is 1. The van der Waals surface area contributed by atoms with Gasteiger partial charge < -0.3 is 0 Å². The lowest BCUT2D eigenvalue weighted by Crippen LogP contribution is -2.29. The maximum Gasteiger partial charge on any atom is 0.142 e. The van der Waals surface area contributed by atoms with E-state index in [0.717, 1.165) is 30.0 Å². The summed E-state index contributed by atoms with van der Waals surface area (Å²) >= 11 is 6.17. The third kappa shape index (κ3) is 4.49. The van der Waals surface area contributed by atoms with Crippen LogP contribution in [0.15, 0.2) is 24.3 Å². The minimum Gasteiger partial charge on any atom is -0.299 e. The summed E-state index contributed by atoms with van der Waals surface area (Å²) in [5, 5.41) is 5.80. The summed E-state index contributed by atoms with van der Waals surface area (Å²) in [6, 6.07) is 7.98. The zero-order valence-corrected chi connectivity index (χ0v) is 19.4. The molecular weight excluding hydrogens is 404 g/mol. The van der Waals surface area contributed by atoms with Gasteiger partial charge >= 0.3 is 0 Å². The Balaban J connectivity index is 1.55. The van der Waals surface area contributed by atoms with E-state index in [2.05, 4.69) is 16.8 Å². The lowest BCUT2D eigenvalue weighted by atomic mass is 9.73. The van der Waals surface area contributed by atoms with Gasteiger partial charge in [0.1, 0.15) is 5.78 Å². The van der Waals surface area contributed by atoms with Crippen LogP contribution in [0.25, 0.3) is 5.69 Å². The van der Waals surface area contributed by atoms with Gasteiger partial charge in [-0.15, -0.1) is 0 Å². The zero-order chi connectivity index (χ0) is 21.2. The summed E-state index contributed by atoms with van der Waals surface area (Å²) in [6.45, 7) is 0. The third-order valence-electron chi connectivity index (χ3n) is 8.00. The number of benzene rings is 1. The van der Waals surface area contributed by atoms with Crippen molar-refractivity contribution in [2.24, 2.45) is 11.8 Å². The van der Waals surface area contributed by atoms with Gasteiger partial charge in [-0.25, -0.2) is 4.68 Å². The highest BCUT2D eigenvalue weighted by Crippen LogP contribution is 2.43. The van der Waals surface area contributed by atoms with Crippen molar-refractivity contribution < 1.29 is 4.79 Å². The first kappa shape index (κ1) is 21.2. The van der Waals surface area contributed by atoms with Crippen LogP contribution in [0.3, 0.4) is 0 Å². The van der Waals surface area contributed by atoms with Crippen LogP contribution in [-0.2, 0) is 17.6 Å². The summed E-state index contributed by atoms with van der Waals surface area (Å²) in [5.74, 6) is 1.56. The van der Waals surface area contributed by atoms with Crippen molar-refractivity contribution in [3.63, 3.8) is 0 Å². The molecule has 1 heterocycles. The second-order valence-electron chi connectivity index (χ2n) is 10.1. The van der Waals surface area contributed by atoms with Crippen LogP contribution in [-0.4, -0.2) is 15.6 Å². The number of fused-ring (bicyclic) bond motifs is 1. The Bertz CT molecular complexity index is 904. The van der Waals surface area contributed by atoms with Crippen molar-refractivity contribution in [3.8, 4) is 5.69 Å². The van der Waals surface area contributed by atoms with E-state index in [-0.39, 0.29) is 5.92 Å². The molecule has 2 fully saturated rings. The monoisotopic (exact) mass is 438 g/mol. The lowest BCUT2D eigenvalue weighted by molar-refractivity contribution is -0.123. The average molecular weight is 439 g/mol. The highest BCUT2D eigenvalue weighted by atomic mass is 35.5. The van der Waals surface area contributed by atoms with E-state index in [0.29, 0.717) is 17.6 Å². The number of ketones is 1. The number of Topliss-reactive ketones (excluding diaryl/α,β-unsaturated/α-hetero) is 1. The molecule has 0 spiro atoms. The van der Waals surface area contributed by atoms with Crippen LogP contribution < -0.4 is 0 Å². The Labute approximate surface area is 191 Å². The standard InChI is InChI=1S/C27H35ClN2O/c28-21-14-16-22(17-15-21)30-27(23-12-7-13-24(23)29-30)26(20-10-5-2-6-11-20)25(31)18-19-8-3-1-4-9-19/h14-17,19-20,26H,1-13,18H2. The Hall–Kier alpha value is -1.61.